The molecule has 0 aliphatic carbocycles. The predicted octanol–water partition coefficient (Wildman–Crippen LogP) is 3.06. The number of halogens is 4. The third-order valence-corrected chi connectivity index (χ3v) is 4.51. The van der Waals surface area contributed by atoms with Crippen LogP contribution >= 0.6 is 12.4 Å². The fourth-order valence-electron chi connectivity index (χ4n) is 3.09. The Morgan fingerprint density at radius 3 is 2.62 bits per heavy atom. The number of benzene rings is 1. The fourth-order valence-corrected chi connectivity index (χ4v) is 3.09. The van der Waals surface area contributed by atoms with Crippen LogP contribution in [0, 0.1) is 6.92 Å². The van der Waals surface area contributed by atoms with Gasteiger partial charge in [-0.2, -0.15) is 18.3 Å². The molecule has 0 radical (unpaired) electrons. The van der Waals surface area contributed by atoms with Gasteiger partial charge in [0.1, 0.15) is 0 Å². The number of rotatable bonds is 3. The number of hydrogen-bond acceptors (Lipinski definition) is 3. The van der Waals surface area contributed by atoms with Gasteiger partial charge in [0, 0.05) is 19.6 Å². The topological polar surface area (TPSA) is 50.2 Å². The first-order valence-corrected chi connectivity index (χ1v) is 8.00. The zero-order valence-corrected chi connectivity index (χ0v) is 15.2. The molecule has 1 aromatic heterocycles. The van der Waals surface area contributed by atoms with Crippen LogP contribution < -0.4 is 5.32 Å². The quantitative estimate of drug-likeness (QED) is 0.879. The Bertz CT molecular complexity index is 785. The number of nitrogens with zero attached hydrogens (tertiary/aromatic N) is 3. The largest absolute Gasteiger partial charge is 0.434 e. The number of likely N-dealkylation sites (N-methyl/N-ethyl adjacent to an activating group) is 1. The van der Waals surface area contributed by atoms with Gasteiger partial charge >= 0.3 is 6.18 Å². The highest BCUT2D eigenvalue weighted by Gasteiger charge is 2.42. The maximum atomic E-state index is 13.7. The Morgan fingerprint density at radius 1 is 1.35 bits per heavy atom. The smallest absolute Gasteiger partial charge is 0.337 e. The lowest BCUT2D eigenvalue weighted by atomic mass is 10.1. The van der Waals surface area contributed by atoms with Gasteiger partial charge < -0.3 is 10.2 Å². The summed E-state index contributed by atoms with van der Waals surface area (Å²) in [5, 5.41) is 6.98. The number of aromatic nitrogens is 2. The maximum Gasteiger partial charge on any atom is 0.434 e. The van der Waals surface area contributed by atoms with Gasteiger partial charge in [0.25, 0.3) is 5.91 Å². The van der Waals surface area contributed by atoms with Gasteiger partial charge in [0.05, 0.1) is 17.4 Å². The van der Waals surface area contributed by atoms with Gasteiger partial charge in [-0.05, 0) is 31.5 Å². The highest BCUT2D eigenvalue weighted by Crippen LogP contribution is 2.35. The molecule has 1 N–H and O–H groups in total. The van der Waals surface area contributed by atoms with Crippen LogP contribution in [0.25, 0.3) is 5.69 Å². The van der Waals surface area contributed by atoms with Gasteiger partial charge in [0.2, 0.25) is 0 Å². The van der Waals surface area contributed by atoms with E-state index in [9.17, 15) is 18.0 Å². The van der Waals surface area contributed by atoms with Gasteiger partial charge in [-0.15, -0.1) is 12.4 Å². The Morgan fingerprint density at radius 2 is 2.04 bits per heavy atom. The van der Waals surface area contributed by atoms with Crippen molar-refractivity contribution >= 4 is 18.3 Å². The number of aryl methyl sites for hydroxylation is 1. The molecule has 5 nitrogen and oxygen atoms in total. The standard InChI is InChI=1S/C17H19F3N4O.ClH/c1-11-5-3-4-6-14(11)24-15(17(18,19)20)13(10-22-24)16(25)23(2)12-7-8-21-9-12;/h3-6,10,12,21H,7-9H2,1-2H3;1H. The normalized spacial score (nSPS) is 17.0. The Labute approximate surface area is 155 Å². The lowest BCUT2D eigenvalue weighted by Crippen LogP contribution is -2.39. The van der Waals surface area contributed by atoms with Crippen LogP contribution in [0.3, 0.4) is 0 Å². The van der Waals surface area contributed by atoms with Crippen LogP contribution in [-0.2, 0) is 6.18 Å². The third kappa shape index (κ3) is 3.71. The number of para-hydroxylation sites is 1. The summed E-state index contributed by atoms with van der Waals surface area (Å²) in [4.78, 5) is 14.0. The molecule has 1 aliphatic heterocycles. The highest BCUT2D eigenvalue weighted by atomic mass is 35.5. The first kappa shape index (κ1) is 20.3. The number of alkyl halides is 3. The Balaban J connectivity index is 0.00000243. The summed E-state index contributed by atoms with van der Waals surface area (Å²) in [6, 6.07) is 6.52. The second-order valence-electron chi connectivity index (χ2n) is 6.17. The van der Waals surface area contributed by atoms with Gasteiger partial charge in [-0.25, -0.2) is 4.68 Å². The molecule has 3 rings (SSSR count). The van der Waals surface area contributed by atoms with Crippen molar-refractivity contribution in [3.8, 4) is 5.69 Å². The van der Waals surface area contributed by atoms with Crippen LogP contribution in [0.5, 0.6) is 0 Å². The molecule has 1 saturated heterocycles. The number of hydrogen-bond donors (Lipinski definition) is 1. The minimum atomic E-state index is -4.70. The van der Waals surface area contributed by atoms with Crippen LogP contribution in [0.1, 0.15) is 28.0 Å². The van der Waals surface area contributed by atoms with E-state index in [0.717, 1.165) is 23.8 Å². The maximum absolute atomic E-state index is 13.7. The fraction of sp³-hybridized carbons (Fsp3) is 0.412. The van der Waals surface area contributed by atoms with Gasteiger partial charge in [-0.3, -0.25) is 4.79 Å². The molecule has 1 unspecified atom stereocenters. The van der Waals surface area contributed by atoms with E-state index in [0.29, 0.717) is 17.8 Å². The number of amides is 1. The van der Waals surface area contributed by atoms with Gasteiger partial charge in [0.15, 0.2) is 5.69 Å². The van der Waals surface area contributed by atoms with E-state index in [2.05, 4.69) is 10.4 Å². The summed E-state index contributed by atoms with van der Waals surface area (Å²) in [6.45, 7) is 3.03. The van der Waals surface area contributed by atoms with Crippen molar-refractivity contribution in [3.63, 3.8) is 0 Å². The Hall–Kier alpha value is -2.06. The van der Waals surface area contributed by atoms with Crippen molar-refractivity contribution in [2.24, 2.45) is 0 Å². The van der Waals surface area contributed by atoms with Gasteiger partial charge in [-0.1, -0.05) is 18.2 Å². The molecular weight excluding hydrogens is 369 g/mol. The molecule has 2 aromatic rings. The lowest BCUT2D eigenvalue weighted by molar-refractivity contribution is -0.143. The van der Waals surface area contributed by atoms with Crippen molar-refractivity contribution in [3.05, 3.63) is 47.3 Å². The minimum Gasteiger partial charge on any atom is -0.337 e. The molecule has 1 aromatic carbocycles. The zero-order chi connectivity index (χ0) is 18.2. The predicted molar refractivity (Wildman–Crippen MR) is 93.9 cm³/mol. The molecule has 0 saturated carbocycles. The molecule has 0 spiro atoms. The summed E-state index contributed by atoms with van der Waals surface area (Å²) < 4.78 is 42.0. The van der Waals surface area contributed by atoms with Crippen molar-refractivity contribution in [2.75, 3.05) is 20.1 Å². The van der Waals surface area contributed by atoms with Crippen molar-refractivity contribution in [2.45, 2.75) is 25.6 Å². The minimum absolute atomic E-state index is 0. The molecule has 26 heavy (non-hydrogen) atoms. The molecule has 1 atom stereocenters. The average molecular weight is 389 g/mol. The second kappa shape index (κ2) is 7.67. The summed E-state index contributed by atoms with van der Waals surface area (Å²) in [5.41, 5.74) is -0.516. The summed E-state index contributed by atoms with van der Waals surface area (Å²) >= 11 is 0. The van der Waals surface area contributed by atoms with E-state index in [1.54, 1.807) is 31.2 Å². The molecule has 1 fully saturated rings. The average Bonchev–Trinajstić information content (AvgIpc) is 3.23. The Kier molecular flexibility index (Phi) is 5.98. The first-order valence-electron chi connectivity index (χ1n) is 8.00. The zero-order valence-electron chi connectivity index (χ0n) is 14.4. The molecule has 142 valence electrons. The third-order valence-electron chi connectivity index (χ3n) is 4.51. The van der Waals surface area contributed by atoms with E-state index < -0.39 is 23.3 Å². The van der Waals surface area contributed by atoms with Crippen LogP contribution in [0.4, 0.5) is 13.2 Å². The van der Waals surface area contributed by atoms with Crippen LogP contribution in [0.2, 0.25) is 0 Å². The number of nitrogens with one attached hydrogen (secondary N) is 1. The van der Waals surface area contributed by atoms with Crippen molar-refractivity contribution in [1.29, 1.82) is 0 Å². The summed E-state index contributed by atoms with van der Waals surface area (Å²) in [6.07, 6.45) is -2.97. The van der Waals surface area contributed by atoms with E-state index in [1.165, 1.54) is 11.9 Å². The lowest BCUT2D eigenvalue weighted by Gasteiger charge is -2.24. The number of carbonyl (C=O) groups excluding carboxylic acids is 1. The van der Waals surface area contributed by atoms with E-state index in [-0.39, 0.29) is 18.4 Å². The molecule has 1 amide bonds. The highest BCUT2D eigenvalue weighted by molar-refractivity contribution is 5.95. The second-order valence-corrected chi connectivity index (χ2v) is 6.17. The molecule has 2 heterocycles. The molecular formula is C17H20ClF3N4O. The molecule has 0 bridgehead atoms. The first-order chi connectivity index (χ1) is 11.8. The summed E-state index contributed by atoms with van der Waals surface area (Å²) in [7, 11) is 1.53. The SMILES string of the molecule is Cc1ccccc1-n1ncc(C(=O)N(C)C2CCNC2)c1C(F)(F)F.Cl. The van der Waals surface area contributed by atoms with E-state index in [4.69, 9.17) is 0 Å². The van der Waals surface area contributed by atoms with Crippen LogP contribution in [0.15, 0.2) is 30.5 Å². The van der Waals surface area contributed by atoms with Crippen molar-refractivity contribution in [1.82, 2.24) is 20.0 Å². The van der Waals surface area contributed by atoms with Crippen molar-refractivity contribution < 1.29 is 18.0 Å². The summed E-state index contributed by atoms with van der Waals surface area (Å²) in [5.74, 6) is -0.666. The van der Waals surface area contributed by atoms with Crippen LogP contribution in [-0.4, -0.2) is 46.8 Å². The monoisotopic (exact) mass is 388 g/mol. The number of carbonyl (C=O) groups is 1. The van der Waals surface area contributed by atoms with E-state index >= 15 is 0 Å². The molecule has 1 aliphatic rings. The molecule has 9 heteroatoms. The van der Waals surface area contributed by atoms with E-state index in [1.807, 2.05) is 0 Å².